The fraction of sp³-hybridized carbons (Fsp3) is 0.462. The second-order valence-corrected chi connectivity index (χ2v) is 6.53. The summed E-state index contributed by atoms with van der Waals surface area (Å²) < 4.78 is 26.3. The van der Waals surface area contributed by atoms with Gasteiger partial charge in [-0.15, -0.1) is 0 Å². The molecule has 0 aliphatic heterocycles. The predicted molar refractivity (Wildman–Crippen MR) is 69.8 cm³/mol. The summed E-state index contributed by atoms with van der Waals surface area (Å²) in [5.74, 6) is -0.882. The van der Waals surface area contributed by atoms with Gasteiger partial charge < -0.3 is 9.90 Å². The van der Waals surface area contributed by atoms with Crippen molar-refractivity contribution in [2.75, 3.05) is 6.54 Å². The maximum Gasteiger partial charge on any atom is 0.240 e. The molecule has 1 aromatic carbocycles. The van der Waals surface area contributed by atoms with Gasteiger partial charge in [0.2, 0.25) is 10.0 Å². The zero-order valence-corrected chi connectivity index (χ0v) is 11.9. The topological polar surface area (TPSA) is 86.3 Å². The van der Waals surface area contributed by atoms with Gasteiger partial charge in [0.05, 0.1) is 4.90 Å². The first-order chi connectivity index (χ1) is 8.81. The van der Waals surface area contributed by atoms with E-state index in [-0.39, 0.29) is 17.2 Å². The minimum absolute atomic E-state index is 0.0717. The minimum atomic E-state index is -3.48. The first-order valence-electron chi connectivity index (χ1n) is 6.09. The Morgan fingerprint density at radius 2 is 1.84 bits per heavy atom. The monoisotopic (exact) mass is 284 g/mol. The van der Waals surface area contributed by atoms with Gasteiger partial charge in [-0.3, -0.25) is 0 Å². The Hall–Kier alpha value is -1.40. The van der Waals surface area contributed by atoms with E-state index in [1.54, 1.807) is 12.1 Å². The molecule has 0 aliphatic carbocycles. The van der Waals surface area contributed by atoms with Gasteiger partial charge in [-0.05, 0) is 36.5 Å². The summed E-state index contributed by atoms with van der Waals surface area (Å²) in [6.45, 7) is 4.23. The largest absolute Gasteiger partial charge is 0.550 e. The number of rotatable bonds is 7. The summed E-state index contributed by atoms with van der Waals surface area (Å²) in [5, 5.41) is 10.3. The van der Waals surface area contributed by atoms with E-state index in [0.29, 0.717) is 13.0 Å². The Morgan fingerprint density at radius 3 is 2.32 bits per heavy atom. The summed E-state index contributed by atoms with van der Waals surface area (Å²) in [6.07, 6.45) is 0.264. The van der Waals surface area contributed by atoms with E-state index in [0.717, 1.165) is 5.56 Å². The van der Waals surface area contributed by atoms with E-state index < -0.39 is 16.0 Å². The summed E-state index contributed by atoms with van der Waals surface area (Å²) in [6, 6.07) is 6.19. The molecule has 19 heavy (non-hydrogen) atoms. The quantitative estimate of drug-likeness (QED) is 0.780. The number of sulfonamides is 1. The number of hydrogen-bond acceptors (Lipinski definition) is 4. The zero-order valence-electron chi connectivity index (χ0n) is 11.0. The average molecular weight is 284 g/mol. The highest BCUT2D eigenvalue weighted by molar-refractivity contribution is 7.89. The Kier molecular flexibility index (Phi) is 5.50. The van der Waals surface area contributed by atoms with Crippen LogP contribution < -0.4 is 9.83 Å². The Bertz CT molecular complexity index is 520. The fourth-order valence-electron chi connectivity index (χ4n) is 1.44. The van der Waals surface area contributed by atoms with Gasteiger partial charge in [-0.2, -0.15) is 0 Å². The molecule has 5 nitrogen and oxygen atoms in total. The lowest BCUT2D eigenvalue weighted by Gasteiger charge is -2.09. The number of carboxylic acids is 1. The van der Waals surface area contributed by atoms with Gasteiger partial charge in [0.15, 0.2) is 0 Å². The SMILES string of the molecule is CC(C)CNS(=O)(=O)c1ccc(CCC(=O)[O-])cc1. The predicted octanol–water partition coefficient (Wildman–Crippen LogP) is 0.303. The number of aliphatic carboxylic acids is 1. The highest BCUT2D eigenvalue weighted by atomic mass is 32.2. The number of hydrogen-bond donors (Lipinski definition) is 1. The lowest BCUT2D eigenvalue weighted by atomic mass is 10.1. The molecule has 0 fully saturated rings. The Labute approximate surface area is 113 Å². The van der Waals surface area contributed by atoms with Crippen molar-refractivity contribution < 1.29 is 18.3 Å². The minimum Gasteiger partial charge on any atom is -0.550 e. The maximum atomic E-state index is 11.9. The van der Waals surface area contributed by atoms with Crippen molar-refractivity contribution in [1.29, 1.82) is 0 Å². The number of carbonyl (C=O) groups excluding carboxylic acids is 1. The highest BCUT2D eigenvalue weighted by Crippen LogP contribution is 2.12. The third-order valence-electron chi connectivity index (χ3n) is 2.53. The van der Waals surface area contributed by atoms with E-state index in [9.17, 15) is 18.3 Å². The molecule has 0 amide bonds. The van der Waals surface area contributed by atoms with Crippen LogP contribution >= 0.6 is 0 Å². The second kappa shape index (κ2) is 6.68. The van der Waals surface area contributed by atoms with Crippen LogP contribution in [0.2, 0.25) is 0 Å². The summed E-state index contributed by atoms with van der Waals surface area (Å²) in [7, 11) is -3.48. The number of carboxylic acid groups (broad SMARTS) is 1. The van der Waals surface area contributed by atoms with Crippen LogP contribution in [-0.4, -0.2) is 20.9 Å². The van der Waals surface area contributed by atoms with Crippen molar-refractivity contribution in [3.8, 4) is 0 Å². The van der Waals surface area contributed by atoms with Gasteiger partial charge in [-0.25, -0.2) is 13.1 Å². The van der Waals surface area contributed by atoms with Gasteiger partial charge >= 0.3 is 0 Å². The fourth-order valence-corrected chi connectivity index (χ4v) is 2.66. The molecule has 0 unspecified atom stereocenters. The molecule has 0 saturated carbocycles. The van der Waals surface area contributed by atoms with Crippen molar-refractivity contribution in [3.63, 3.8) is 0 Å². The second-order valence-electron chi connectivity index (χ2n) is 4.76. The van der Waals surface area contributed by atoms with Crippen LogP contribution in [-0.2, 0) is 21.2 Å². The molecule has 1 aromatic rings. The van der Waals surface area contributed by atoms with Crippen LogP contribution in [0.4, 0.5) is 0 Å². The molecule has 0 saturated heterocycles. The molecular formula is C13H18NO4S-. The first kappa shape index (κ1) is 15.7. The molecule has 0 bridgehead atoms. The zero-order chi connectivity index (χ0) is 14.5. The Morgan fingerprint density at radius 1 is 1.26 bits per heavy atom. The summed E-state index contributed by atoms with van der Waals surface area (Å²) in [5.41, 5.74) is 0.770. The van der Waals surface area contributed by atoms with Crippen LogP contribution in [0.25, 0.3) is 0 Å². The molecular weight excluding hydrogens is 266 g/mol. The lowest BCUT2D eigenvalue weighted by Crippen LogP contribution is -2.27. The van der Waals surface area contributed by atoms with Crippen LogP contribution in [0.3, 0.4) is 0 Å². The van der Waals surface area contributed by atoms with Crippen LogP contribution in [0.15, 0.2) is 29.2 Å². The maximum absolute atomic E-state index is 11.9. The smallest absolute Gasteiger partial charge is 0.240 e. The number of carbonyl (C=O) groups is 1. The third kappa shape index (κ3) is 5.40. The van der Waals surface area contributed by atoms with Crippen LogP contribution in [0.1, 0.15) is 25.8 Å². The Balaban J connectivity index is 2.72. The lowest BCUT2D eigenvalue weighted by molar-refractivity contribution is -0.305. The number of benzene rings is 1. The van der Waals surface area contributed by atoms with E-state index >= 15 is 0 Å². The molecule has 1 rings (SSSR count). The van der Waals surface area contributed by atoms with Crippen molar-refractivity contribution in [1.82, 2.24) is 4.72 Å². The van der Waals surface area contributed by atoms with Gasteiger partial charge in [0.25, 0.3) is 0 Å². The van der Waals surface area contributed by atoms with Crippen molar-refractivity contribution in [2.24, 2.45) is 5.92 Å². The van der Waals surface area contributed by atoms with Crippen molar-refractivity contribution in [3.05, 3.63) is 29.8 Å². The number of aryl methyl sites for hydroxylation is 1. The average Bonchev–Trinajstić information content (AvgIpc) is 2.34. The van der Waals surface area contributed by atoms with E-state index in [1.165, 1.54) is 12.1 Å². The normalized spacial score (nSPS) is 11.7. The molecule has 1 N–H and O–H groups in total. The number of nitrogens with one attached hydrogen (secondary N) is 1. The molecule has 106 valence electrons. The summed E-state index contributed by atoms with van der Waals surface area (Å²) in [4.78, 5) is 10.5. The molecule has 6 heteroatoms. The standard InChI is InChI=1S/C13H19NO4S/c1-10(2)9-14-19(17,18)12-6-3-11(4-7-12)5-8-13(15)16/h3-4,6-7,10,14H,5,8-9H2,1-2H3,(H,15,16)/p-1. The van der Waals surface area contributed by atoms with Gasteiger partial charge in [0, 0.05) is 12.5 Å². The van der Waals surface area contributed by atoms with Crippen molar-refractivity contribution >= 4 is 16.0 Å². The molecule has 0 radical (unpaired) electrons. The van der Waals surface area contributed by atoms with Crippen LogP contribution in [0.5, 0.6) is 0 Å². The van der Waals surface area contributed by atoms with E-state index in [1.807, 2.05) is 13.8 Å². The first-order valence-corrected chi connectivity index (χ1v) is 7.58. The van der Waals surface area contributed by atoms with E-state index in [4.69, 9.17) is 0 Å². The molecule has 0 heterocycles. The molecule has 0 atom stereocenters. The van der Waals surface area contributed by atoms with Gasteiger partial charge in [-0.1, -0.05) is 26.0 Å². The third-order valence-corrected chi connectivity index (χ3v) is 3.97. The van der Waals surface area contributed by atoms with Crippen LogP contribution in [0, 0.1) is 5.92 Å². The molecule has 0 aliphatic rings. The van der Waals surface area contributed by atoms with E-state index in [2.05, 4.69) is 4.72 Å². The highest BCUT2D eigenvalue weighted by Gasteiger charge is 2.13. The molecule has 0 aromatic heterocycles. The van der Waals surface area contributed by atoms with Crippen molar-refractivity contribution in [2.45, 2.75) is 31.6 Å². The van der Waals surface area contributed by atoms with Gasteiger partial charge in [0.1, 0.15) is 0 Å². The summed E-state index contributed by atoms with van der Waals surface area (Å²) >= 11 is 0. The molecule has 0 spiro atoms.